The van der Waals surface area contributed by atoms with Gasteiger partial charge in [-0.15, -0.1) is 0 Å². The van der Waals surface area contributed by atoms with Crippen molar-refractivity contribution in [3.05, 3.63) is 17.3 Å². The van der Waals surface area contributed by atoms with E-state index in [1.807, 2.05) is 0 Å². The summed E-state index contributed by atoms with van der Waals surface area (Å²) < 4.78 is 5.27. The molecule has 0 radical (unpaired) electrons. The highest BCUT2D eigenvalue weighted by atomic mass is 35.5. The number of carbonyl (C=O) groups excluding carboxylic acids is 2. The van der Waals surface area contributed by atoms with E-state index in [0.29, 0.717) is 11.5 Å². The number of rotatable bonds is 2. The molecule has 1 heterocycles. The molecule has 0 fully saturated rings. The molecule has 1 N–H and O–H groups in total. The van der Waals surface area contributed by atoms with Crippen LogP contribution in [0.3, 0.4) is 0 Å². The van der Waals surface area contributed by atoms with Crippen LogP contribution in [-0.4, -0.2) is 29.6 Å². The van der Waals surface area contributed by atoms with Crippen LogP contribution in [0.2, 0.25) is 5.15 Å². The summed E-state index contributed by atoms with van der Waals surface area (Å²) in [4.78, 5) is 29.4. The Hall–Kier alpha value is -1.82. The smallest absolute Gasteiger partial charge is 0.415 e. The number of nitrogens with zero attached hydrogens (tertiary/aromatic N) is 2. The van der Waals surface area contributed by atoms with Crippen LogP contribution < -0.4 is 10.2 Å². The first-order valence-electron chi connectivity index (χ1n) is 7.26. The number of hydrogen-bond acceptors (Lipinski definition) is 4. The van der Waals surface area contributed by atoms with E-state index in [4.69, 9.17) is 16.3 Å². The molecule has 2 amide bonds. The summed E-state index contributed by atoms with van der Waals surface area (Å²) in [6.45, 7) is 10.7. The highest BCUT2D eigenvalue weighted by molar-refractivity contribution is 6.32. The van der Waals surface area contributed by atoms with Crippen molar-refractivity contribution in [2.75, 3.05) is 17.3 Å². The van der Waals surface area contributed by atoms with Crippen molar-refractivity contribution in [2.24, 2.45) is 5.41 Å². The zero-order valence-electron chi connectivity index (χ0n) is 14.7. The molecule has 0 aliphatic heterocycles. The second-order valence-electron chi connectivity index (χ2n) is 7.25. The fraction of sp³-hybridized carbons (Fsp3) is 0.562. The molecular formula is C16H24ClN3O3. The lowest BCUT2D eigenvalue weighted by molar-refractivity contribution is -0.123. The number of nitrogens with one attached hydrogen (secondary N) is 1. The number of pyridine rings is 1. The van der Waals surface area contributed by atoms with Gasteiger partial charge in [-0.1, -0.05) is 32.4 Å². The van der Waals surface area contributed by atoms with Gasteiger partial charge in [0.25, 0.3) is 0 Å². The molecule has 1 aromatic rings. The minimum atomic E-state index is -0.601. The summed E-state index contributed by atoms with van der Waals surface area (Å²) in [5.41, 5.74) is -0.752. The average molecular weight is 342 g/mol. The Morgan fingerprint density at radius 3 is 2.17 bits per heavy atom. The largest absolute Gasteiger partial charge is 0.443 e. The van der Waals surface area contributed by atoms with Crippen LogP contribution in [0.5, 0.6) is 0 Å². The van der Waals surface area contributed by atoms with Crippen molar-refractivity contribution < 1.29 is 14.3 Å². The number of ether oxygens (including phenoxy) is 1. The van der Waals surface area contributed by atoms with Crippen LogP contribution in [0.1, 0.15) is 41.5 Å². The van der Waals surface area contributed by atoms with E-state index < -0.39 is 17.1 Å². The van der Waals surface area contributed by atoms with Crippen LogP contribution in [0, 0.1) is 5.41 Å². The average Bonchev–Trinajstić information content (AvgIpc) is 2.37. The summed E-state index contributed by atoms with van der Waals surface area (Å²) in [6, 6.07) is 3.20. The normalized spacial score (nSPS) is 11.8. The molecule has 23 heavy (non-hydrogen) atoms. The Kier molecular flexibility index (Phi) is 5.64. The lowest BCUT2D eigenvalue weighted by atomic mass is 9.95. The molecular weight excluding hydrogens is 318 g/mol. The number of anilines is 2. The minimum absolute atomic E-state index is 0.107. The van der Waals surface area contributed by atoms with Gasteiger partial charge < -0.3 is 10.1 Å². The van der Waals surface area contributed by atoms with Gasteiger partial charge in [0, 0.05) is 12.5 Å². The first kappa shape index (κ1) is 19.2. The first-order chi connectivity index (χ1) is 10.3. The van der Waals surface area contributed by atoms with E-state index in [-0.39, 0.29) is 11.1 Å². The van der Waals surface area contributed by atoms with Gasteiger partial charge in [-0.3, -0.25) is 9.69 Å². The third-order valence-corrected chi connectivity index (χ3v) is 3.06. The third-order valence-electron chi connectivity index (χ3n) is 2.77. The molecule has 0 spiro atoms. The number of aromatic nitrogens is 1. The van der Waals surface area contributed by atoms with E-state index in [9.17, 15) is 9.59 Å². The number of amides is 2. The standard InChI is InChI=1S/C16H24ClN3O3/c1-15(2,3)13(21)18-10-8-9-11(19-12(10)17)20(7)14(22)23-16(4,5)6/h8-9H,1-7H3,(H,18,21). The molecule has 128 valence electrons. The van der Waals surface area contributed by atoms with Crippen molar-refractivity contribution in [3.63, 3.8) is 0 Å². The molecule has 0 aromatic carbocycles. The summed E-state index contributed by atoms with van der Waals surface area (Å²) in [6.07, 6.45) is -0.535. The van der Waals surface area contributed by atoms with E-state index in [2.05, 4.69) is 10.3 Å². The third kappa shape index (κ3) is 5.71. The highest BCUT2D eigenvalue weighted by Gasteiger charge is 2.24. The van der Waals surface area contributed by atoms with Crippen molar-refractivity contribution >= 4 is 35.1 Å². The number of hydrogen-bond donors (Lipinski definition) is 1. The molecule has 7 heteroatoms. The minimum Gasteiger partial charge on any atom is -0.443 e. The summed E-state index contributed by atoms with van der Waals surface area (Å²) in [5, 5.41) is 2.82. The molecule has 0 saturated heterocycles. The van der Waals surface area contributed by atoms with Gasteiger partial charge in [0.1, 0.15) is 11.4 Å². The zero-order valence-corrected chi connectivity index (χ0v) is 15.4. The van der Waals surface area contributed by atoms with Gasteiger partial charge in [-0.2, -0.15) is 0 Å². The van der Waals surface area contributed by atoms with Gasteiger partial charge in [-0.05, 0) is 32.9 Å². The second kappa shape index (κ2) is 6.74. The SMILES string of the molecule is CN(C(=O)OC(C)(C)C)c1ccc(NC(=O)C(C)(C)C)c(Cl)n1. The molecule has 0 aliphatic carbocycles. The van der Waals surface area contributed by atoms with Crippen LogP contribution >= 0.6 is 11.6 Å². The molecule has 0 atom stereocenters. The fourth-order valence-corrected chi connectivity index (χ4v) is 1.64. The van der Waals surface area contributed by atoms with Crippen LogP contribution in [-0.2, 0) is 9.53 Å². The lowest BCUT2D eigenvalue weighted by Crippen LogP contribution is -2.34. The lowest BCUT2D eigenvalue weighted by Gasteiger charge is -2.24. The van der Waals surface area contributed by atoms with Crippen molar-refractivity contribution in [3.8, 4) is 0 Å². The summed E-state index contributed by atoms with van der Waals surface area (Å²) in [7, 11) is 1.54. The summed E-state index contributed by atoms with van der Waals surface area (Å²) >= 11 is 6.10. The molecule has 1 aromatic heterocycles. The molecule has 0 unspecified atom stereocenters. The van der Waals surface area contributed by atoms with Crippen molar-refractivity contribution in [1.82, 2.24) is 4.98 Å². The van der Waals surface area contributed by atoms with E-state index in [0.717, 1.165) is 0 Å². The Balaban J connectivity index is 2.92. The van der Waals surface area contributed by atoms with Crippen LogP contribution in [0.15, 0.2) is 12.1 Å². The van der Waals surface area contributed by atoms with Crippen LogP contribution in [0.25, 0.3) is 0 Å². The Bertz CT molecular complexity index is 604. The molecule has 6 nitrogen and oxygen atoms in total. The van der Waals surface area contributed by atoms with Gasteiger partial charge >= 0.3 is 6.09 Å². The Morgan fingerprint density at radius 2 is 1.74 bits per heavy atom. The zero-order chi connectivity index (χ0) is 18.0. The predicted molar refractivity (Wildman–Crippen MR) is 92.0 cm³/mol. The van der Waals surface area contributed by atoms with E-state index in [1.54, 1.807) is 60.7 Å². The van der Waals surface area contributed by atoms with Crippen molar-refractivity contribution in [1.29, 1.82) is 0 Å². The fourth-order valence-electron chi connectivity index (χ4n) is 1.44. The van der Waals surface area contributed by atoms with Gasteiger partial charge in [0.05, 0.1) is 5.69 Å². The monoisotopic (exact) mass is 341 g/mol. The maximum Gasteiger partial charge on any atom is 0.415 e. The van der Waals surface area contributed by atoms with Gasteiger partial charge in [0.15, 0.2) is 5.15 Å². The first-order valence-corrected chi connectivity index (χ1v) is 7.64. The predicted octanol–water partition coefficient (Wildman–Crippen LogP) is 4.09. The maximum atomic E-state index is 12.0. The number of halogens is 1. The highest BCUT2D eigenvalue weighted by Crippen LogP contribution is 2.26. The molecule has 1 rings (SSSR count). The maximum absolute atomic E-state index is 12.0. The van der Waals surface area contributed by atoms with Gasteiger partial charge in [0.2, 0.25) is 5.91 Å². The second-order valence-corrected chi connectivity index (χ2v) is 7.61. The van der Waals surface area contributed by atoms with Gasteiger partial charge in [-0.25, -0.2) is 9.78 Å². The Morgan fingerprint density at radius 1 is 1.17 bits per heavy atom. The van der Waals surface area contributed by atoms with Crippen molar-refractivity contribution in [2.45, 2.75) is 47.1 Å². The van der Waals surface area contributed by atoms with E-state index in [1.165, 1.54) is 4.90 Å². The van der Waals surface area contributed by atoms with Crippen LogP contribution in [0.4, 0.5) is 16.3 Å². The molecule has 0 aliphatic rings. The molecule has 0 saturated carbocycles. The van der Waals surface area contributed by atoms with E-state index >= 15 is 0 Å². The quantitative estimate of drug-likeness (QED) is 0.822. The number of carbonyl (C=O) groups is 2. The molecule has 0 bridgehead atoms. The topological polar surface area (TPSA) is 71.5 Å². The summed E-state index contributed by atoms with van der Waals surface area (Å²) in [5.74, 6) is 0.160. The Labute approximate surface area is 142 Å².